The zero-order chi connectivity index (χ0) is 23.9. The number of nitrogens with zero attached hydrogens (tertiary/aromatic N) is 6. The van der Waals surface area contributed by atoms with Gasteiger partial charge in [0.25, 0.3) is 0 Å². The fraction of sp³-hybridized carbons (Fsp3) is 0.520. The first-order valence-corrected chi connectivity index (χ1v) is 12.4. The van der Waals surface area contributed by atoms with E-state index in [0.717, 1.165) is 36.2 Å². The minimum atomic E-state index is -1.30. The number of aromatic nitrogens is 4. The summed E-state index contributed by atoms with van der Waals surface area (Å²) in [6.07, 6.45) is 5.83. The summed E-state index contributed by atoms with van der Waals surface area (Å²) in [5.74, 6) is 3.00. The van der Waals surface area contributed by atoms with E-state index < -0.39 is 12.3 Å². The molecule has 0 spiro atoms. The van der Waals surface area contributed by atoms with Crippen LogP contribution in [-0.2, 0) is 4.74 Å². The lowest BCUT2D eigenvalue weighted by molar-refractivity contribution is 0.0612. The summed E-state index contributed by atoms with van der Waals surface area (Å²) in [6.45, 7) is 5.29. The van der Waals surface area contributed by atoms with Gasteiger partial charge in [-0.25, -0.2) is 19.3 Å². The highest BCUT2D eigenvalue weighted by atomic mass is 19.1. The molecular formula is C25H30FN7O2. The number of rotatable bonds is 5. The summed E-state index contributed by atoms with van der Waals surface area (Å²) >= 11 is 0. The average Bonchev–Trinajstić information content (AvgIpc) is 3.40. The van der Waals surface area contributed by atoms with Gasteiger partial charge in [-0.2, -0.15) is 4.98 Å². The van der Waals surface area contributed by atoms with Crippen molar-refractivity contribution in [2.24, 2.45) is 0 Å². The highest BCUT2D eigenvalue weighted by molar-refractivity contribution is 5.96. The van der Waals surface area contributed by atoms with Gasteiger partial charge in [0.2, 0.25) is 5.95 Å². The van der Waals surface area contributed by atoms with Gasteiger partial charge < -0.3 is 25.0 Å². The number of halogens is 1. The zero-order valence-corrected chi connectivity index (χ0v) is 19.8. The first-order valence-electron chi connectivity index (χ1n) is 12.4. The van der Waals surface area contributed by atoms with E-state index in [2.05, 4.69) is 38.2 Å². The number of anilines is 4. The van der Waals surface area contributed by atoms with Crippen LogP contribution >= 0.6 is 0 Å². The van der Waals surface area contributed by atoms with Crippen LogP contribution in [0.5, 0.6) is 0 Å². The van der Waals surface area contributed by atoms with Crippen molar-refractivity contribution in [3.8, 4) is 0 Å². The number of nitrogens with one attached hydrogen (secondary N) is 1. The van der Waals surface area contributed by atoms with Gasteiger partial charge in [0.1, 0.15) is 23.6 Å². The van der Waals surface area contributed by atoms with Gasteiger partial charge in [-0.15, -0.1) is 0 Å². The third kappa shape index (κ3) is 4.25. The summed E-state index contributed by atoms with van der Waals surface area (Å²) in [5, 5.41) is 15.2. The minimum absolute atomic E-state index is 0.0797. The molecule has 3 aliphatic heterocycles. The molecule has 3 aromatic heterocycles. The Morgan fingerprint density at radius 3 is 2.74 bits per heavy atom. The van der Waals surface area contributed by atoms with Crippen molar-refractivity contribution in [2.75, 3.05) is 48.0 Å². The summed E-state index contributed by atoms with van der Waals surface area (Å²) in [4.78, 5) is 22.5. The standard InChI is InChI=1S/C25H30FN7O2/c1-15-3-8-33(15)24-19-12-28-23(10-17(19)18(11-29-24)16-5-9-35-14-16)30-22-2-6-27-25(31-22)32-7-4-21(34)20(26)13-32/h2,6,10-12,15-16,20-21,34H,3-5,7-9,13-14H2,1H3,(H,27,28,30,31)/t15-,16-,20+,21-/m1/s1. The second kappa shape index (κ2) is 9.16. The van der Waals surface area contributed by atoms with Crippen LogP contribution < -0.4 is 15.1 Å². The number of ether oxygens (including phenoxy) is 1. The number of fused-ring (bicyclic) bond motifs is 1. The van der Waals surface area contributed by atoms with Crippen LogP contribution in [0.1, 0.15) is 37.7 Å². The number of hydrogen-bond donors (Lipinski definition) is 2. The summed E-state index contributed by atoms with van der Waals surface area (Å²) in [6, 6.07) is 4.31. The van der Waals surface area contributed by atoms with Crippen LogP contribution in [0.2, 0.25) is 0 Å². The van der Waals surface area contributed by atoms with Crippen molar-refractivity contribution < 1.29 is 14.2 Å². The maximum Gasteiger partial charge on any atom is 0.227 e. The lowest BCUT2D eigenvalue weighted by Crippen LogP contribution is -2.46. The molecule has 0 radical (unpaired) electrons. The fourth-order valence-corrected chi connectivity index (χ4v) is 5.15. The van der Waals surface area contributed by atoms with E-state index in [1.54, 1.807) is 17.2 Å². The number of piperidine rings is 1. The average molecular weight is 480 g/mol. The third-order valence-electron chi connectivity index (χ3n) is 7.43. The van der Waals surface area contributed by atoms with E-state index in [9.17, 15) is 9.50 Å². The largest absolute Gasteiger partial charge is 0.390 e. The predicted molar refractivity (Wildman–Crippen MR) is 132 cm³/mol. The minimum Gasteiger partial charge on any atom is -0.390 e. The maximum absolute atomic E-state index is 14.0. The molecule has 0 unspecified atom stereocenters. The Morgan fingerprint density at radius 1 is 1.09 bits per heavy atom. The highest BCUT2D eigenvalue weighted by Crippen LogP contribution is 2.37. The molecule has 0 amide bonds. The van der Waals surface area contributed by atoms with Crippen molar-refractivity contribution in [3.63, 3.8) is 0 Å². The Morgan fingerprint density at radius 2 is 2.00 bits per heavy atom. The van der Waals surface area contributed by atoms with Crippen LogP contribution in [0.4, 0.5) is 27.8 Å². The number of hydrogen-bond acceptors (Lipinski definition) is 9. The summed E-state index contributed by atoms with van der Waals surface area (Å²) in [7, 11) is 0. The quantitative estimate of drug-likeness (QED) is 0.572. The van der Waals surface area contributed by atoms with Crippen LogP contribution in [0.15, 0.2) is 30.7 Å². The first-order chi connectivity index (χ1) is 17.1. The number of aliphatic hydroxyl groups is 1. The smallest absolute Gasteiger partial charge is 0.227 e. The number of pyridine rings is 2. The topological polar surface area (TPSA) is 99.5 Å². The van der Waals surface area contributed by atoms with Gasteiger partial charge in [0.05, 0.1) is 19.3 Å². The molecule has 35 heavy (non-hydrogen) atoms. The SMILES string of the molecule is C[C@@H]1CCN1c1ncc([C@@H]2CCOC2)c2cc(Nc3ccnc(N4CC[C@@H](O)[C@@H](F)C4)n3)ncc12. The Hall–Kier alpha value is -3.11. The van der Waals surface area contributed by atoms with Gasteiger partial charge in [0, 0.05) is 55.6 Å². The predicted octanol–water partition coefficient (Wildman–Crippen LogP) is 3.18. The Balaban J connectivity index is 1.31. The molecule has 6 heterocycles. The first kappa shape index (κ1) is 22.4. The summed E-state index contributed by atoms with van der Waals surface area (Å²) in [5.41, 5.74) is 1.18. The van der Waals surface area contributed by atoms with Gasteiger partial charge in [0.15, 0.2) is 0 Å². The van der Waals surface area contributed by atoms with Crippen molar-refractivity contribution in [2.45, 2.75) is 50.4 Å². The monoisotopic (exact) mass is 479 g/mol. The molecule has 0 aromatic carbocycles. The lowest BCUT2D eigenvalue weighted by atomic mass is 9.94. The van der Waals surface area contributed by atoms with Crippen molar-refractivity contribution in [1.29, 1.82) is 0 Å². The van der Waals surface area contributed by atoms with E-state index in [-0.39, 0.29) is 6.54 Å². The van der Waals surface area contributed by atoms with E-state index in [0.29, 0.717) is 49.1 Å². The third-order valence-corrected chi connectivity index (χ3v) is 7.43. The molecule has 3 aliphatic rings. The Labute approximate surface area is 203 Å². The van der Waals surface area contributed by atoms with Gasteiger partial charge in [-0.1, -0.05) is 0 Å². The lowest BCUT2D eigenvalue weighted by Gasteiger charge is -2.40. The van der Waals surface area contributed by atoms with Crippen molar-refractivity contribution in [1.82, 2.24) is 19.9 Å². The van der Waals surface area contributed by atoms with Crippen LogP contribution in [-0.4, -0.2) is 76.2 Å². The normalized spacial score (nSPS) is 26.7. The van der Waals surface area contributed by atoms with E-state index in [4.69, 9.17) is 9.72 Å². The molecule has 2 N–H and O–H groups in total. The molecule has 0 aliphatic carbocycles. The maximum atomic E-state index is 14.0. The molecule has 4 atom stereocenters. The van der Waals surface area contributed by atoms with Gasteiger partial charge in [-0.3, -0.25) is 0 Å². The van der Waals surface area contributed by atoms with E-state index in [1.165, 1.54) is 12.0 Å². The second-order valence-corrected chi connectivity index (χ2v) is 9.73. The van der Waals surface area contributed by atoms with Crippen LogP contribution in [0.3, 0.4) is 0 Å². The van der Waals surface area contributed by atoms with Gasteiger partial charge in [-0.05, 0) is 49.3 Å². The second-order valence-electron chi connectivity index (χ2n) is 9.73. The molecule has 10 heteroatoms. The molecular weight excluding hydrogens is 449 g/mol. The van der Waals surface area contributed by atoms with Gasteiger partial charge >= 0.3 is 0 Å². The van der Waals surface area contributed by atoms with Crippen molar-refractivity contribution >= 4 is 34.2 Å². The van der Waals surface area contributed by atoms with Crippen LogP contribution in [0, 0.1) is 0 Å². The Kier molecular flexibility index (Phi) is 5.85. The molecule has 184 valence electrons. The van der Waals surface area contributed by atoms with Crippen LogP contribution in [0.25, 0.3) is 10.8 Å². The molecule has 6 rings (SSSR count). The van der Waals surface area contributed by atoms with E-state index >= 15 is 0 Å². The molecule has 3 aromatic rings. The van der Waals surface area contributed by atoms with E-state index in [1.807, 2.05) is 12.4 Å². The molecule has 3 fully saturated rings. The highest BCUT2D eigenvalue weighted by Gasteiger charge is 2.30. The number of aliphatic hydroxyl groups excluding tert-OH is 1. The Bertz CT molecular complexity index is 1220. The fourth-order valence-electron chi connectivity index (χ4n) is 5.15. The molecule has 0 saturated carbocycles. The molecule has 9 nitrogen and oxygen atoms in total. The number of alkyl halides is 1. The summed E-state index contributed by atoms with van der Waals surface area (Å²) < 4.78 is 19.7. The zero-order valence-electron chi connectivity index (χ0n) is 19.8. The molecule has 0 bridgehead atoms. The molecule has 3 saturated heterocycles. The van der Waals surface area contributed by atoms with Crippen molar-refractivity contribution in [3.05, 3.63) is 36.3 Å².